The standard InChI is InChI=1S/C15H15BrN2S/c1-2-10-3-6-12(7-4-10)18-14-9-11(16)5-8-13(14)15(17)19/h3-9,18H,2H2,1H3,(H2,17,19). The Labute approximate surface area is 127 Å². The molecule has 0 bridgehead atoms. The molecule has 0 aliphatic rings. The SMILES string of the molecule is CCc1ccc(Nc2cc(Br)ccc2C(N)=S)cc1. The van der Waals surface area contributed by atoms with Gasteiger partial charge in [-0.2, -0.15) is 0 Å². The number of aryl methyl sites for hydroxylation is 1. The summed E-state index contributed by atoms with van der Waals surface area (Å²) in [4.78, 5) is 0.389. The minimum Gasteiger partial charge on any atom is -0.389 e. The van der Waals surface area contributed by atoms with Crippen LogP contribution >= 0.6 is 28.1 Å². The van der Waals surface area contributed by atoms with Crippen LogP contribution in [0.2, 0.25) is 0 Å². The van der Waals surface area contributed by atoms with Crippen LogP contribution in [0.4, 0.5) is 11.4 Å². The first-order valence-electron chi connectivity index (χ1n) is 6.05. The van der Waals surface area contributed by atoms with Crippen molar-refractivity contribution in [2.75, 3.05) is 5.32 Å². The number of thiocarbonyl (C=S) groups is 1. The van der Waals surface area contributed by atoms with Gasteiger partial charge in [-0.05, 0) is 42.3 Å². The summed E-state index contributed by atoms with van der Waals surface area (Å²) in [6.07, 6.45) is 1.04. The maximum Gasteiger partial charge on any atom is 0.106 e. The Morgan fingerprint density at radius 3 is 2.47 bits per heavy atom. The molecule has 0 aliphatic carbocycles. The molecule has 0 saturated carbocycles. The highest BCUT2D eigenvalue weighted by Crippen LogP contribution is 2.25. The van der Waals surface area contributed by atoms with E-state index in [0.29, 0.717) is 4.99 Å². The van der Waals surface area contributed by atoms with Gasteiger partial charge < -0.3 is 11.1 Å². The van der Waals surface area contributed by atoms with Gasteiger partial charge in [0.2, 0.25) is 0 Å². The van der Waals surface area contributed by atoms with Gasteiger partial charge in [0.25, 0.3) is 0 Å². The number of hydrogen-bond acceptors (Lipinski definition) is 2. The molecule has 19 heavy (non-hydrogen) atoms. The van der Waals surface area contributed by atoms with Crippen molar-refractivity contribution in [3.63, 3.8) is 0 Å². The third kappa shape index (κ3) is 3.55. The summed E-state index contributed by atoms with van der Waals surface area (Å²) in [5, 5.41) is 3.35. The van der Waals surface area contributed by atoms with Gasteiger partial charge in [0, 0.05) is 21.4 Å². The molecule has 2 aromatic rings. The second kappa shape index (κ2) is 6.17. The third-order valence-electron chi connectivity index (χ3n) is 2.89. The molecule has 0 amide bonds. The van der Waals surface area contributed by atoms with E-state index in [2.05, 4.69) is 52.4 Å². The smallest absolute Gasteiger partial charge is 0.106 e. The van der Waals surface area contributed by atoms with Crippen LogP contribution in [0, 0.1) is 0 Å². The lowest BCUT2D eigenvalue weighted by Gasteiger charge is -2.12. The van der Waals surface area contributed by atoms with Crippen molar-refractivity contribution in [1.82, 2.24) is 0 Å². The lowest BCUT2D eigenvalue weighted by atomic mass is 10.1. The van der Waals surface area contributed by atoms with E-state index in [4.69, 9.17) is 18.0 Å². The molecular weight excluding hydrogens is 320 g/mol. The summed E-state index contributed by atoms with van der Waals surface area (Å²) >= 11 is 8.53. The van der Waals surface area contributed by atoms with Crippen LogP contribution in [-0.4, -0.2) is 4.99 Å². The molecule has 0 atom stereocenters. The average molecular weight is 335 g/mol. The van der Waals surface area contributed by atoms with Gasteiger partial charge in [0.05, 0.1) is 0 Å². The number of halogens is 1. The largest absolute Gasteiger partial charge is 0.389 e. The summed E-state index contributed by atoms with van der Waals surface area (Å²) in [6.45, 7) is 2.14. The van der Waals surface area contributed by atoms with Crippen molar-refractivity contribution >= 4 is 44.5 Å². The zero-order chi connectivity index (χ0) is 13.8. The first-order valence-corrected chi connectivity index (χ1v) is 7.25. The fourth-order valence-electron chi connectivity index (χ4n) is 1.81. The second-order valence-corrected chi connectivity index (χ2v) is 5.59. The average Bonchev–Trinajstić information content (AvgIpc) is 2.39. The van der Waals surface area contributed by atoms with Crippen molar-refractivity contribution in [2.24, 2.45) is 5.73 Å². The van der Waals surface area contributed by atoms with Crippen LogP contribution in [0.25, 0.3) is 0 Å². The zero-order valence-electron chi connectivity index (χ0n) is 10.6. The Hall–Kier alpha value is -1.39. The van der Waals surface area contributed by atoms with Gasteiger partial charge in [0.1, 0.15) is 4.99 Å². The summed E-state index contributed by atoms with van der Waals surface area (Å²) in [7, 11) is 0. The van der Waals surface area contributed by atoms with Crippen molar-refractivity contribution in [3.05, 3.63) is 58.1 Å². The monoisotopic (exact) mass is 334 g/mol. The Bertz CT molecular complexity index is 594. The van der Waals surface area contributed by atoms with Crippen LogP contribution in [0.5, 0.6) is 0 Å². The molecule has 0 aliphatic heterocycles. The summed E-state index contributed by atoms with van der Waals surface area (Å²) in [6, 6.07) is 14.2. The summed E-state index contributed by atoms with van der Waals surface area (Å²) < 4.78 is 0.986. The van der Waals surface area contributed by atoms with Crippen molar-refractivity contribution in [3.8, 4) is 0 Å². The number of rotatable bonds is 4. The highest BCUT2D eigenvalue weighted by Gasteiger charge is 2.06. The van der Waals surface area contributed by atoms with E-state index in [1.807, 2.05) is 18.2 Å². The predicted molar refractivity (Wildman–Crippen MR) is 89.1 cm³/mol. The van der Waals surface area contributed by atoms with E-state index in [9.17, 15) is 0 Å². The van der Waals surface area contributed by atoms with Gasteiger partial charge in [-0.1, -0.05) is 47.2 Å². The molecule has 98 valence electrons. The van der Waals surface area contributed by atoms with Crippen molar-refractivity contribution < 1.29 is 0 Å². The van der Waals surface area contributed by atoms with Crippen LogP contribution in [-0.2, 0) is 6.42 Å². The van der Waals surface area contributed by atoms with E-state index < -0.39 is 0 Å². The zero-order valence-corrected chi connectivity index (χ0v) is 13.0. The van der Waals surface area contributed by atoms with E-state index in [-0.39, 0.29) is 0 Å². The molecule has 0 heterocycles. The molecule has 0 aromatic heterocycles. The van der Waals surface area contributed by atoms with E-state index in [0.717, 1.165) is 27.8 Å². The Kier molecular flexibility index (Phi) is 4.56. The lowest BCUT2D eigenvalue weighted by molar-refractivity contribution is 1.14. The Morgan fingerprint density at radius 1 is 1.21 bits per heavy atom. The number of benzene rings is 2. The molecule has 0 spiro atoms. The second-order valence-electron chi connectivity index (χ2n) is 4.23. The molecule has 0 fully saturated rings. The third-order valence-corrected chi connectivity index (χ3v) is 3.60. The quantitative estimate of drug-likeness (QED) is 0.814. The molecule has 0 unspecified atom stereocenters. The predicted octanol–water partition coefficient (Wildman–Crippen LogP) is 4.39. The normalized spacial score (nSPS) is 10.2. The summed E-state index contributed by atoms with van der Waals surface area (Å²) in [5.74, 6) is 0. The molecule has 0 saturated heterocycles. The summed E-state index contributed by atoms with van der Waals surface area (Å²) in [5.41, 5.74) is 9.83. The van der Waals surface area contributed by atoms with Gasteiger partial charge >= 0.3 is 0 Å². The van der Waals surface area contributed by atoms with Crippen LogP contribution in [0.15, 0.2) is 46.9 Å². The number of hydrogen-bond donors (Lipinski definition) is 2. The van der Waals surface area contributed by atoms with Gasteiger partial charge in [-0.25, -0.2) is 0 Å². The highest BCUT2D eigenvalue weighted by molar-refractivity contribution is 9.10. The lowest BCUT2D eigenvalue weighted by Crippen LogP contribution is -2.11. The molecule has 2 aromatic carbocycles. The van der Waals surface area contributed by atoms with E-state index in [1.165, 1.54) is 5.56 Å². The Morgan fingerprint density at radius 2 is 1.89 bits per heavy atom. The number of anilines is 2. The maximum atomic E-state index is 5.74. The van der Waals surface area contributed by atoms with Gasteiger partial charge in [0.15, 0.2) is 0 Å². The van der Waals surface area contributed by atoms with Crippen LogP contribution in [0.1, 0.15) is 18.1 Å². The molecule has 2 rings (SSSR count). The van der Waals surface area contributed by atoms with Crippen LogP contribution < -0.4 is 11.1 Å². The Balaban J connectivity index is 2.31. The minimum atomic E-state index is 0.389. The van der Waals surface area contributed by atoms with E-state index >= 15 is 0 Å². The van der Waals surface area contributed by atoms with Crippen LogP contribution in [0.3, 0.4) is 0 Å². The fraction of sp³-hybridized carbons (Fsp3) is 0.133. The first-order chi connectivity index (χ1) is 9.10. The topological polar surface area (TPSA) is 38.0 Å². The molecule has 2 nitrogen and oxygen atoms in total. The number of nitrogens with two attached hydrogens (primary N) is 1. The number of nitrogens with one attached hydrogen (secondary N) is 1. The fourth-order valence-corrected chi connectivity index (χ4v) is 2.35. The minimum absolute atomic E-state index is 0.389. The highest BCUT2D eigenvalue weighted by atomic mass is 79.9. The van der Waals surface area contributed by atoms with E-state index in [1.54, 1.807) is 0 Å². The first kappa shape index (κ1) is 14.0. The molecule has 3 N–H and O–H groups in total. The van der Waals surface area contributed by atoms with Crippen molar-refractivity contribution in [1.29, 1.82) is 0 Å². The van der Waals surface area contributed by atoms with Gasteiger partial charge in [-0.15, -0.1) is 0 Å². The van der Waals surface area contributed by atoms with Gasteiger partial charge in [-0.3, -0.25) is 0 Å². The molecular formula is C15H15BrN2S. The maximum absolute atomic E-state index is 5.74. The molecule has 4 heteroatoms. The van der Waals surface area contributed by atoms with Crippen molar-refractivity contribution in [2.45, 2.75) is 13.3 Å². The molecule has 0 radical (unpaired) electrons.